The quantitative estimate of drug-likeness (QED) is 0.896. The van der Waals surface area contributed by atoms with Crippen LogP contribution in [0.4, 0.5) is 4.39 Å². The molecule has 2 N–H and O–H groups in total. The molecule has 2 unspecified atom stereocenters. The number of halogens is 1. The van der Waals surface area contributed by atoms with Gasteiger partial charge in [0.2, 0.25) is 0 Å². The van der Waals surface area contributed by atoms with Gasteiger partial charge >= 0.3 is 0 Å². The molecule has 0 amide bonds. The first-order chi connectivity index (χ1) is 9.12. The number of morpholine rings is 1. The van der Waals surface area contributed by atoms with Gasteiger partial charge in [-0.15, -0.1) is 0 Å². The lowest BCUT2D eigenvalue weighted by Crippen LogP contribution is -2.48. The number of methoxy groups -OCH3 is 1. The van der Waals surface area contributed by atoms with Gasteiger partial charge in [0.15, 0.2) is 0 Å². The van der Waals surface area contributed by atoms with Crippen molar-refractivity contribution in [1.29, 1.82) is 0 Å². The van der Waals surface area contributed by atoms with E-state index in [0.29, 0.717) is 24.4 Å². The first kappa shape index (κ1) is 14.2. The van der Waals surface area contributed by atoms with Crippen molar-refractivity contribution in [2.45, 2.75) is 25.7 Å². The van der Waals surface area contributed by atoms with Crippen molar-refractivity contribution in [3.05, 3.63) is 29.6 Å². The molecule has 0 bridgehead atoms. The van der Waals surface area contributed by atoms with Crippen LogP contribution in [0.2, 0.25) is 0 Å². The Hall–Kier alpha value is -1.17. The molecule has 0 aromatic heterocycles. The fraction of sp³-hybridized carbons (Fsp3) is 0.571. The maximum atomic E-state index is 13.9. The molecule has 1 aliphatic rings. The first-order valence-electron chi connectivity index (χ1n) is 6.52. The second-order valence-electron chi connectivity index (χ2n) is 4.96. The second kappa shape index (κ2) is 6.32. The lowest BCUT2D eigenvalue weighted by Gasteiger charge is -2.36. The van der Waals surface area contributed by atoms with E-state index in [1.54, 1.807) is 12.1 Å². The number of nitrogens with two attached hydrogens (primary N) is 1. The fourth-order valence-electron chi connectivity index (χ4n) is 2.42. The largest absolute Gasteiger partial charge is 0.497 e. The minimum atomic E-state index is -0.234. The van der Waals surface area contributed by atoms with Crippen molar-refractivity contribution in [2.75, 3.05) is 26.7 Å². The predicted molar refractivity (Wildman–Crippen MR) is 71.6 cm³/mol. The number of nitrogens with zero attached hydrogens (tertiary/aromatic N) is 1. The Bertz CT molecular complexity index is 428. The highest BCUT2D eigenvalue weighted by Crippen LogP contribution is 2.19. The molecule has 4 nitrogen and oxygen atoms in total. The average molecular weight is 268 g/mol. The number of rotatable bonds is 4. The molecular formula is C14H21FN2O2. The summed E-state index contributed by atoms with van der Waals surface area (Å²) in [7, 11) is 1.53. The smallest absolute Gasteiger partial charge is 0.131 e. The van der Waals surface area contributed by atoms with E-state index in [2.05, 4.69) is 4.90 Å². The van der Waals surface area contributed by atoms with Crippen LogP contribution in [0.5, 0.6) is 5.75 Å². The summed E-state index contributed by atoms with van der Waals surface area (Å²) in [6.07, 6.45) is 0.161. The summed E-state index contributed by atoms with van der Waals surface area (Å²) in [5.41, 5.74) is 6.32. The van der Waals surface area contributed by atoms with E-state index in [0.717, 1.165) is 13.1 Å². The minimum Gasteiger partial charge on any atom is -0.497 e. The van der Waals surface area contributed by atoms with Gasteiger partial charge in [0, 0.05) is 37.8 Å². The standard InChI is InChI=1S/C14H21FN2O2/c1-10-7-17(9-13(6-16)19-10)8-11-3-4-12(18-2)5-14(11)15/h3-5,10,13H,6-9,16H2,1-2H3. The summed E-state index contributed by atoms with van der Waals surface area (Å²) in [6, 6.07) is 4.97. The second-order valence-corrected chi connectivity index (χ2v) is 4.96. The van der Waals surface area contributed by atoms with Crippen LogP contribution in [0.3, 0.4) is 0 Å². The zero-order chi connectivity index (χ0) is 13.8. The molecule has 1 fully saturated rings. The fourth-order valence-corrected chi connectivity index (χ4v) is 2.42. The Balaban J connectivity index is 2.04. The monoisotopic (exact) mass is 268 g/mol. The molecule has 0 aliphatic carbocycles. The summed E-state index contributed by atoms with van der Waals surface area (Å²) in [5.74, 6) is 0.305. The van der Waals surface area contributed by atoms with Gasteiger partial charge in [-0.2, -0.15) is 0 Å². The van der Waals surface area contributed by atoms with Gasteiger partial charge in [-0.1, -0.05) is 6.07 Å². The van der Waals surface area contributed by atoms with E-state index in [9.17, 15) is 4.39 Å². The molecule has 5 heteroatoms. The molecular weight excluding hydrogens is 247 g/mol. The molecule has 1 heterocycles. The van der Waals surface area contributed by atoms with Crippen LogP contribution in [0.1, 0.15) is 12.5 Å². The molecule has 2 atom stereocenters. The Labute approximate surface area is 113 Å². The first-order valence-corrected chi connectivity index (χ1v) is 6.52. The highest BCUT2D eigenvalue weighted by Gasteiger charge is 2.24. The normalized spacial score (nSPS) is 24.4. The predicted octanol–water partition coefficient (Wildman–Crippen LogP) is 1.38. The Morgan fingerprint density at radius 1 is 1.47 bits per heavy atom. The van der Waals surface area contributed by atoms with Crippen LogP contribution in [-0.2, 0) is 11.3 Å². The maximum Gasteiger partial charge on any atom is 0.131 e. The molecule has 1 aromatic rings. The van der Waals surface area contributed by atoms with Crippen molar-refractivity contribution in [3.8, 4) is 5.75 Å². The van der Waals surface area contributed by atoms with Gasteiger partial charge in [0.25, 0.3) is 0 Å². The zero-order valence-electron chi connectivity index (χ0n) is 11.4. The molecule has 106 valence electrons. The number of hydrogen-bond acceptors (Lipinski definition) is 4. The molecule has 1 aromatic carbocycles. The molecule has 2 rings (SSSR count). The highest BCUT2D eigenvalue weighted by molar-refractivity contribution is 5.28. The zero-order valence-corrected chi connectivity index (χ0v) is 11.4. The Morgan fingerprint density at radius 2 is 2.26 bits per heavy atom. The number of ether oxygens (including phenoxy) is 2. The van der Waals surface area contributed by atoms with Crippen molar-refractivity contribution >= 4 is 0 Å². The SMILES string of the molecule is COc1ccc(CN2CC(C)OC(CN)C2)c(F)c1. The van der Waals surface area contributed by atoms with Crippen LogP contribution in [-0.4, -0.2) is 43.9 Å². The third-order valence-electron chi connectivity index (χ3n) is 3.32. The Kier molecular flexibility index (Phi) is 4.74. The van der Waals surface area contributed by atoms with E-state index < -0.39 is 0 Å². The molecule has 1 aliphatic heterocycles. The van der Waals surface area contributed by atoms with Crippen LogP contribution in [0.25, 0.3) is 0 Å². The molecule has 0 radical (unpaired) electrons. The third kappa shape index (κ3) is 3.65. The van der Waals surface area contributed by atoms with Crippen molar-refractivity contribution < 1.29 is 13.9 Å². The number of hydrogen-bond donors (Lipinski definition) is 1. The van der Waals surface area contributed by atoms with Crippen LogP contribution in [0.15, 0.2) is 18.2 Å². The van der Waals surface area contributed by atoms with Gasteiger partial charge in [-0.05, 0) is 13.0 Å². The van der Waals surface area contributed by atoms with E-state index in [1.165, 1.54) is 13.2 Å². The summed E-state index contributed by atoms with van der Waals surface area (Å²) in [6.45, 7) is 4.61. The van der Waals surface area contributed by atoms with E-state index in [1.807, 2.05) is 6.92 Å². The minimum absolute atomic E-state index is 0.0325. The molecule has 1 saturated heterocycles. The Morgan fingerprint density at radius 3 is 2.89 bits per heavy atom. The highest BCUT2D eigenvalue weighted by atomic mass is 19.1. The van der Waals surface area contributed by atoms with Gasteiger partial charge in [0.1, 0.15) is 11.6 Å². The van der Waals surface area contributed by atoms with Crippen molar-refractivity contribution in [2.24, 2.45) is 5.73 Å². The summed E-state index contributed by atoms with van der Waals surface area (Å²) >= 11 is 0. The van der Waals surface area contributed by atoms with Crippen molar-refractivity contribution in [1.82, 2.24) is 4.90 Å². The van der Waals surface area contributed by atoms with Crippen molar-refractivity contribution in [3.63, 3.8) is 0 Å². The van der Waals surface area contributed by atoms with Crippen LogP contribution in [0, 0.1) is 5.82 Å². The summed E-state index contributed by atoms with van der Waals surface area (Å²) < 4.78 is 24.6. The van der Waals surface area contributed by atoms with Crippen LogP contribution < -0.4 is 10.5 Å². The van der Waals surface area contributed by atoms with E-state index >= 15 is 0 Å². The average Bonchev–Trinajstić information content (AvgIpc) is 2.40. The number of benzene rings is 1. The molecule has 0 saturated carbocycles. The van der Waals surface area contributed by atoms with Gasteiger partial charge in [0.05, 0.1) is 19.3 Å². The van der Waals surface area contributed by atoms with E-state index in [4.69, 9.17) is 15.2 Å². The van der Waals surface area contributed by atoms with Gasteiger partial charge in [-0.3, -0.25) is 4.90 Å². The topological polar surface area (TPSA) is 47.7 Å². The lowest BCUT2D eigenvalue weighted by molar-refractivity contribution is -0.0747. The third-order valence-corrected chi connectivity index (χ3v) is 3.32. The lowest BCUT2D eigenvalue weighted by atomic mass is 10.1. The van der Waals surface area contributed by atoms with E-state index in [-0.39, 0.29) is 18.0 Å². The molecule has 0 spiro atoms. The maximum absolute atomic E-state index is 13.9. The van der Waals surface area contributed by atoms with Gasteiger partial charge in [-0.25, -0.2) is 4.39 Å². The van der Waals surface area contributed by atoms with Gasteiger partial charge < -0.3 is 15.2 Å². The summed E-state index contributed by atoms with van der Waals surface area (Å²) in [4.78, 5) is 2.18. The van der Waals surface area contributed by atoms with Crippen LogP contribution >= 0.6 is 0 Å². The molecule has 19 heavy (non-hydrogen) atoms. The summed E-state index contributed by atoms with van der Waals surface area (Å²) in [5, 5.41) is 0.